The van der Waals surface area contributed by atoms with E-state index in [4.69, 9.17) is 14.2 Å². The highest BCUT2D eigenvalue weighted by Crippen LogP contribution is 2.11. The van der Waals surface area contributed by atoms with Crippen LogP contribution in [0.25, 0.3) is 0 Å². The standard InChI is InChI=1S/C13H26N2O4/c1-11(15-6-7-15)4-5-14-13(16)19-9-8-18-10-12(2)17-3/h11-12H,4-10H2,1-3H3,(H,14,16). The fourth-order valence-corrected chi connectivity index (χ4v) is 1.63. The minimum Gasteiger partial charge on any atom is -0.447 e. The van der Waals surface area contributed by atoms with Crippen LogP contribution in [0.4, 0.5) is 4.79 Å². The smallest absolute Gasteiger partial charge is 0.407 e. The molecule has 112 valence electrons. The number of methoxy groups -OCH3 is 1. The van der Waals surface area contributed by atoms with Gasteiger partial charge in [-0.05, 0) is 20.3 Å². The van der Waals surface area contributed by atoms with E-state index in [1.165, 1.54) is 13.1 Å². The van der Waals surface area contributed by atoms with Crippen molar-refractivity contribution >= 4 is 6.09 Å². The first-order valence-corrected chi connectivity index (χ1v) is 6.88. The Morgan fingerprint density at radius 2 is 2.05 bits per heavy atom. The monoisotopic (exact) mass is 274 g/mol. The van der Waals surface area contributed by atoms with E-state index >= 15 is 0 Å². The van der Waals surface area contributed by atoms with Crippen molar-refractivity contribution < 1.29 is 19.0 Å². The topological polar surface area (TPSA) is 59.8 Å². The summed E-state index contributed by atoms with van der Waals surface area (Å²) in [6.07, 6.45) is 0.644. The molecule has 2 atom stereocenters. The van der Waals surface area contributed by atoms with Gasteiger partial charge < -0.3 is 19.5 Å². The zero-order valence-electron chi connectivity index (χ0n) is 12.2. The van der Waals surface area contributed by atoms with Crippen molar-refractivity contribution in [3.05, 3.63) is 0 Å². The van der Waals surface area contributed by atoms with Gasteiger partial charge in [0.05, 0.1) is 19.3 Å². The quantitative estimate of drug-likeness (QED) is 0.473. The van der Waals surface area contributed by atoms with Crippen LogP contribution >= 0.6 is 0 Å². The van der Waals surface area contributed by atoms with Gasteiger partial charge in [-0.1, -0.05) is 0 Å². The Morgan fingerprint density at radius 1 is 1.32 bits per heavy atom. The molecule has 0 radical (unpaired) electrons. The maximum atomic E-state index is 11.3. The Hall–Kier alpha value is -0.850. The van der Waals surface area contributed by atoms with Gasteiger partial charge >= 0.3 is 6.09 Å². The number of alkyl carbamates (subject to hydrolysis) is 1. The van der Waals surface area contributed by atoms with Gasteiger partial charge in [0, 0.05) is 32.8 Å². The minimum atomic E-state index is -0.374. The Bertz CT molecular complexity index is 259. The lowest BCUT2D eigenvalue weighted by Crippen LogP contribution is -2.30. The molecule has 1 saturated heterocycles. The predicted octanol–water partition coefficient (Wildman–Crippen LogP) is 0.858. The molecule has 1 fully saturated rings. The molecule has 0 saturated carbocycles. The number of amides is 1. The Morgan fingerprint density at radius 3 is 2.68 bits per heavy atom. The first-order valence-electron chi connectivity index (χ1n) is 6.88. The van der Waals surface area contributed by atoms with E-state index in [1.807, 2.05) is 6.92 Å². The van der Waals surface area contributed by atoms with E-state index in [9.17, 15) is 4.79 Å². The van der Waals surface area contributed by atoms with E-state index < -0.39 is 0 Å². The van der Waals surface area contributed by atoms with Gasteiger partial charge in [-0.3, -0.25) is 4.90 Å². The lowest BCUT2D eigenvalue weighted by atomic mass is 10.2. The molecule has 1 rings (SSSR count). The Labute approximate surface area is 115 Å². The van der Waals surface area contributed by atoms with E-state index in [1.54, 1.807) is 7.11 Å². The number of nitrogens with zero attached hydrogens (tertiary/aromatic N) is 1. The third-order valence-corrected chi connectivity index (χ3v) is 3.15. The molecule has 6 nitrogen and oxygen atoms in total. The van der Waals surface area contributed by atoms with Gasteiger partial charge in [-0.15, -0.1) is 0 Å². The second kappa shape index (κ2) is 9.12. The molecule has 6 heteroatoms. The van der Waals surface area contributed by atoms with Gasteiger partial charge in [-0.2, -0.15) is 0 Å². The summed E-state index contributed by atoms with van der Waals surface area (Å²) in [5.74, 6) is 0. The van der Waals surface area contributed by atoms with Crippen LogP contribution in [-0.4, -0.2) is 69.7 Å². The van der Waals surface area contributed by atoms with Gasteiger partial charge in [0.2, 0.25) is 0 Å². The van der Waals surface area contributed by atoms with Gasteiger partial charge in [0.25, 0.3) is 0 Å². The van der Waals surface area contributed by atoms with Crippen LogP contribution in [-0.2, 0) is 14.2 Å². The number of hydrogen-bond acceptors (Lipinski definition) is 5. The highest BCUT2D eigenvalue weighted by atomic mass is 16.6. The largest absolute Gasteiger partial charge is 0.447 e. The second-order valence-electron chi connectivity index (χ2n) is 4.86. The molecule has 0 bridgehead atoms. The van der Waals surface area contributed by atoms with E-state index in [-0.39, 0.29) is 18.8 Å². The van der Waals surface area contributed by atoms with Crippen molar-refractivity contribution in [3.63, 3.8) is 0 Å². The maximum Gasteiger partial charge on any atom is 0.407 e. The van der Waals surface area contributed by atoms with Crippen molar-refractivity contribution in [1.29, 1.82) is 0 Å². The summed E-state index contributed by atoms with van der Waals surface area (Å²) >= 11 is 0. The lowest BCUT2D eigenvalue weighted by molar-refractivity contribution is 0.00399. The summed E-state index contributed by atoms with van der Waals surface area (Å²) in [5.41, 5.74) is 0. The minimum absolute atomic E-state index is 0.0627. The summed E-state index contributed by atoms with van der Waals surface area (Å²) < 4.78 is 15.3. The fourth-order valence-electron chi connectivity index (χ4n) is 1.63. The predicted molar refractivity (Wildman–Crippen MR) is 72.3 cm³/mol. The molecule has 2 unspecified atom stereocenters. The zero-order valence-corrected chi connectivity index (χ0v) is 12.2. The molecule has 0 aromatic rings. The molecule has 0 spiro atoms. The van der Waals surface area contributed by atoms with Crippen molar-refractivity contribution in [1.82, 2.24) is 10.2 Å². The van der Waals surface area contributed by atoms with Gasteiger partial charge in [0.15, 0.2) is 0 Å². The summed E-state index contributed by atoms with van der Waals surface area (Å²) in [6, 6.07) is 0.541. The summed E-state index contributed by atoms with van der Waals surface area (Å²) in [4.78, 5) is 13.7. The molecule has 0 aromatic heterocycles. The zero-order chi connectivity index (χ0) is 14.1. The van der Waals surface area contributed by atoms with Crippen LogP contribution in [0.2, 0.25) is 0 Å². The van der Waals surface area contributed by atoms with Gasteiger partial charge in [-0.25, -0.2) is 4.79 Å². The first kappa shape index (κ1) is 16.2. The third kappa shape index (κ3) is 8.02. The van der Waals surface area contributed by atoms with Crippen LogP contribution in [0.5, 0.6) is 0 Å². The highest BCUT2D eigenvalue weighted by molar-refractivity contribution is 5.66. The van der Waals surface area contributed by atoms with Crippen LogP contribution < -0.4 is 5.32 Å². The number of ether oxygens (including phenoxy) is 3. The molecule has 1 aliphatic rings. The maximum absolute atomic E-state index is 11.3. The van der Waals surface area contributed by atoms with Crippen LogP contribution in [0.1, 0.15) is 20.3 Å². The highest BCUT2D eigenvalue weighted by Gasteiger charge is 2.23. The number of nitrogens with one attached hydrogen (secondary N) is 1. The molecule has 0 aliphatic carbocycles. The molecule has 0 aromatic carbocycles. The number of hydrogen-bond donors (Lipinski definition) is 1. The molecule has 1 aliphatic heterocycles. The number of rotatable bonds is 10. The van der Waals surface area contributed by atoms with E-state index in [2.05, 4.69) is 17.1 Å². The summed E-state index contributed by atoms with van der Waals surface area (Å²) in [6.45, 7) is 8.28. The Balaban J connectivity index is 1.87. The lowest BCUT2D eigenvalue weighted by Gasteiger charge is -2.13. The van der Waals surface area contributed by atoms with Crippen molar-refractivity contribution in [2.75, 3.05) is 46.6 Å². The number of carbonyl (C=O) groups excluding carboxylic acids is 1. The van der Waals surface area contributed by atoms with Crippen molar-refractivity contribution in [2.24, 2.45) is 0 Å². The normalized spacial score (nSPS) is 17.8. The summed E-state index contributed by atoms with van der Waals surface area (Å²) in [7, 11) is 1.64. The van der Waals surface area contributed by atoms with Crippen LogP contribution in [0.15, 0.2) is 0 Å². The molecule has 1 N–H and O–H groups in total. The average Bonchev–Trinajstić information content (AvgIpc) is 3.22. The third-order valence-electron chi connectivity index (χ3n) is 3.15. The SMILES string of the molecule is COC(C)COCCOC(=O)NCCC(C)N1CC1. The van der Waals surface area contributed by atoms with E-state index in [0.29, 0.717) is 25.8 Å². The summed E-state index contributed by atoms with van der Waals surface area (Å²) in [5, 5.41) is 2.74. The Kier molecular flexibility index (Phi) is 7.78. The average molecular weight is 274 g/mol. The van der Waals surface area contributed by atoms with Crippen molar-refractivity contribution in [2.45, 2.75) is 32.4 Å². The molecule has 1 heterocycles. The molecule has 1 amide bonds. The van der Waals surface area contributed by atoms with Crippen LogP contribution in [0, 0.1) is 0 Å². The fraction of sp³-hybridized carbons (Fsp3) is 0.923. The van der Waals surface area contributed by atoms with E-state index in [0.717, 1.165) is 6.42 Å². The molecular weight excluding hydrogens is 248 g/mol. The molecule has 19 heavy (non-hydrogen) atoms. The van der Waals surface area contributed by atoms with Gasteiger partial charge in [0.1, 0.15) is 6.61 Å². The number of carbonyl (C=O) groups is 1. The first-order chi connectivity index (χ1) is 9.13. The van der Waals surface area contributed by atoms with Crippen molar-refractivity contribution in [3.8, 4) is 0 Å². The second-order valence-corrected chi connectivity index (χ2v) is 4.86. The molecular formula is C13H26N2O4. The van der Waals surface area contributed by atoms with Crippen LogP contribution in [0.3, 0.4) is 0 Å².